The van der Waals surface area contributed by atoms with Crippen molar-refractivity contribution in [2.45, 2.75) is 6.54 Å². The number of amides is 1. The summed E-state index contributed by atoms with van der Waals surface area (Å²) in [4.78, 5) is 15.8. The third-order valence-corrected chi connectivity index (χ3v) is 2.60. The van der Waals surface area contributed by atoms with Gasteiger partial charge in [-0.25, -0.2) is 4.39 Å². The van der Waals surface area contributed by atoms with Crippen molar-refractivity contribution < 1.29 is 13.9 Å². The van der Waals surface area contributed by atoms with Crippen LogP contribution in [0.4, 0.5) is 4.39 Å². The first-order valence-corrected chi connectivity index (χ1v) is 5.71. The van der Waals surface area contributed by atoms with Crippen molar-refractivity contribution in [1.29, 1.82) is 0 Å². The SMILES string of the molecule is COc1ccc(C(=O)NCc2cccnc2)c(F)c1. The van der Waals surface area contributed by atoms with Gasteiger partial charge in [-0.3, -0.25) is 9.78 Å². The van der Waals surface area contributed by atoms with Gasteiger partial charge in [-0.2, -0.15) is 0 Å². The van der Waals surface area contributed by atoms with Crippen LogP contribution in [0.1, 0.15) is 15.9 Å². The molecule has 1 aromatic heterocycles. The van der Waals surface area contributed by atoms with E-state index in [1.807, 2.05) is 6.07 Å². The van der Waals surface area contributed by atoms with E-state index in [2.05, 4.69) is 10.3 Å². The molecule has 0 fully saturated rings. The highest BCUT2D eigenvalue weighted by Gasteiger charge is 2.12. The van der Waals surface area contributed by atoms with Gasteiger partial charge >= 0.3 is 0 Å². The maximum absolute atomic E-state index is 13.7. The summed E-state index contributed by atoms with van der Waals surface area (Å²) >= 11 is 0. The Balaban J connectivity index is 2.04. The van der Waals surface area contributed by atoms with E-state index in [4.69, 9.17) is 4.74 Å². The van der Waals surface area contributed by atoms with Crippen LogP contribution in [-0.4, -0.2) is 18.0 Å². The lowest BCUT2D eigenvalue weighted by molar-refractivity contribution is 0.0947. The van der Waals surface area contributed by atoms with E-state index in [1.165, 1.54) is 19.2 Å². The Bertz CT molecular complexity index is 573. The van der Waals surface area contributed by atoms with Crippen molar-refractivity contribution in [3.63, 3.8) is 0 Å². The first-order chi connectivity index (χ1) is 9.20. The number of nitrogens with zero attached hydrogens (tertiary/aromatic N) is 1. The topological polar surface area (TPSA) is 51.2 Å². The van der Waals surface area contributed by atoms with Crippen molar-refractivity contribution in [1.82, 2.24) is 10.3 Å². The molecule has 98 valence electrons. The van der Waals surface area contributed by atoms with E-state index < -0.39 is 11.7 Å². The number of hydrogen-bond acceptors (Lipinski definition) is 3. The van der Waals surface area contributed by atoms with Crippen LogP contribution in [0.25, 0.3) is 0 Å². The molecule has 1 heterocycles. The Labute approximate surface area is 110 Å². The van der Waals surface area contributed by atoms with E-state index in [-0.39, 0.29) is 5.56 Å². The number of hydrogen-bond donors (Lipinski definition) is 1. The molecule has 0 saturated heterocycles. The number of benzene rings is 1. The molecule has 5 heteroatoms. The molecule has 0 atom stereocenters. The zero-order chi connectivity index (χ0) is 13.7. The molecule has 2 rings (SSSR count). The number of halogens is 1. The van der Waals surface area contributed by atoms with Crippen LogP contribution in [0.15, 0.2) is 42.7 Å². The first kappa shape index (κ1) is 13.0. The summed E-state index contributed by atoms with van der Waals surface area (Å²) in [7, 11) is 1.44. The van der Waals surface area contributed by atoms with Gasteiger partial charge in [0.1, 0.15) is 11.6 Å². The predicted molar refractivity (Wildman–Crippen MR) is 68.4 cm³/mol. The van der Waals surface area contributed by atoms with Crippen molar-refractivity contribution in [2.24, 2.45) is 0 Å². The monoisotopic (exact) mass is 260 g/mol. The molecular formula is C14H13FN2O2. The van der Waals surface area contributed by atoms with Crippen molar-refractivity contribution >= 4 is 5.91 Å². The van der Waals surface area contributed by atoms with Crippen LogP contribution in [0.5, 0.6) is 5.75 Å². The summed E-state index contributed by atoms with van der Waals surface area (Å²) in [6, 6.07) is 7.72. The Morgan fingerprint density at radius 1 is 1.42 bits per heavy atom. The van der Waals surface area contributed by atoms with Crippen LogP contribution in [0, 0.1) is 5.82 Å². The largest absolute Gasteiger partial charge is 0.497 e. The van der Waals surface area contributed by atoms with E-state index >= 15 is 0 Å². The summed E-state index contributed by atoms with van der Waals surface area (Å²) < 4.78 is 18.5. The third kappa shape index (κ3) is 3.28. The smallest absolute Gasteiger partial charge is 0.254 e. The Kier molecular flexibility index (Phi) is 4.07. The average molecular weight is 260 g/mol. The minimum absolute atomic E-state index is 0.00955. The van der Waals surface area contributed by atoms with Gasteiger partial charge in [-0.05, 0) is 23.8 Å². The molecular weight excluding hydrogens is 247 g/mol. The van der Waals surface area contributed by atoms with Crippen LogP contribution in [-0.2, 0) is 6.54 Å². The highest BCUT2D eigenvalue weighted by atomic mass is 19.1. The number of rotatable bonds is 4. The van der Waals surface area contributed by atoms with Gasteiger partial charge in [0.2, 0.25) is 0 Å². The van der Waals surface area contributed by atoms with Gasteiger partial charge in [-0.1, -0.05) is 6.07 Å². The quantitative estimate of drug-likeness (QED) is 0.916. The fourth-order valence-electron chi connectivity index (χ4n) is 1.59. The molecule has 1 aromatic carbocycles. The molecule has 0 spiro atoms. The molecule has 19 heavy (non-hydrogen) atoms. The molecule has 0 aliphatic heterocycles. The predicted octanol–water partition coefficient (Wildman–Crippen LogP) is 2.16. The van der Waals surface area contributed by atoms with Gasteiger partial charge < -0.3 is 10.1 Å². The zero-order valence-corrected chi connectivity index (χ0v) is 10.4. The van der Waals surface area contributed by atoms with Gasteiger partial charge in [0, 0.05) is 25.0 Å². The lowest BCUT2D eigenvalue weighted by Crippen LogP contribution is -2.23. The number of ether oxygens (including phenoxy) is 1. The Morgan fingerprint density at radius 2 is 2.26 bits per heavy atom. The minimum Gasteiger partial charge on any atom is -0.497 e. The maximum atomic E-state index is 13.7. The van der Waals surface area contributed by atoms with Crippen LogP contribution < -0.4 is 10.1 Å². The molecule has 0 aliphatic carbocycles. The molecule has 1 amide bonds. The van der Waals surface area contributed by atoms with Crippen LogP contribution in [0.3, 0.4) is 0 Å². The van der Waals surface area contributed by atoms with E-state index in [9.17, 15) is 9.18 Å². The zero-order valence-electron chi connectivity index (χ0n) is 10.4. The van der Waals surface area contributed by atoms with Crippen molar-refractivity contribution in [2.75, 3.05) is 7.11 Å². The molecule has 2 aromatic rings. The van der Waals surface area contributed by atoms with E-state index in [0.29, 0.717) is 12.3 Å². The highest BCUT2D eigenvalue weighted by molar-refractivity contribution is 5.94. The fraction of sp³-hybridized carbons (Fsp3) is 0.143. The number of carbonyl (C=O) groups is 1. The summed E-state index contributed by atoms with van der Waals surface area (Å²) in [6.45, 7) is 0.304. The highest BCUT2D eigenvalue weighted by Crippen LogP contribution is 2.16. The lowest BCUT2D eigenvalue weighted by Gasteiger charge is -2.07. The summed E-state index contributed by atoms with van der Waals surface area (Å²) in [6.07, 6.45) is 3.29. The van der Waals surface area contributed by atoms with Crippen molar-refractivity contribution in [3.05, 3.63) is 59.7 Å². The third-order valence-electron chi connectivity index (χ3n) is 2.60. The molecule has 0 bridgehead atoms. The fourth-order valence-corrected chi connectivity index (χ4v) is 1.59. The second kappa shape index (κ2) is 5.95. The number of aromatic nitrogens is 1. The molecule has 1 N–H and O–H groups in total. The van der Waals surface area contributed by atoms with E-state index in [1.54, 1.807) is 24.5 Å². The lowest BCUT2D eigenvalue weighted by atomic mass is 10.2. The summed E-state index contributed by atoms with van der Waals surface area (Å²) in [5.41, 5.74) is 0.842. The van der Waals surface area contributed by atoms with Gasteiger partial charge in [-0.15, -0.1) is 0 Å². The molecule has 4 nitrogen and oxygen atoms in total. The average Bonchev–Trinajstić information content (AvgIpc) is 2.45. The number of methoxy groups -OCH3 is 1. The molecule has 0 unspecified atom stereocenters. The van der Waals surface area contributed by atoms with Crippen LogP contribution >= 0.6 is 0 Å². The number of pyridine rings is 1. The van der Waals surface area contributed by atoms with Gasteiger partial charge in [0.05, 0.1) is 12.7 Å². The van der Waals surface area contributed by atoms with Gasteiger partial charge in [0.15, 0.2) is 0 Å². The second-order valence-electron chi connectivity index (χ2n) is 3.89. The summed E-state index contributed by atoms with van der Waals surface area (Å²) in [5.74, 6) is -0.701. The molecule has 0 saturated carbocycles. The number of nitrogens with one attached hydrogen (secondary N) is 1. The second-order valence-corrected chi connectivity index (χ2v) is 3.89. The first-order valence-electron chi connectivity index (χ1n) is 5.71. The maximum Gasteiger partial charge on any atom is 0.254 e. The Hall–Kier alpha value is -2.43. The standard InChI is InChI=1S/C14H13FN2O2/c1-19-11-4-5-12(13(15)7-11)14(18)17-9-10-3-2-6-16-8-10/h2-8H,9H2,1H3,(H,17,18). The molecule has 0 aliphatic rings. The molecule has 0 radical (unpaired) electrons. The van der Waals surface area contributed by atoms with Crippen LogP contribution in [0.2, 0.25) is 0 Å². The normalized spacial score (nSPS) is 10.0. The van der Waals surface area contributed by atoms with Gasteiger partial charge in [0.25, 0.3) is 5.91 Å². The minimum atomic E-state index is -0.608. The van der Waals surface area contributed by atoms with E-state index in [0.717, 1.165) is 5.56 Å². The summed E-state index contributed by atoms with van der Waals surface area (Å²) in [5, 5.41) is 2.63. The van der Waals surface area contributed by atoms with Crippen molar-refractivity contribution in [3.8, 4) is 5.75 Å². The Morgan fingerprint density at radius 3 is 2.89 bits per heavy atom. The number of carbonyl (C=O) groups excluding carboxylic acids is 1.